The first-order chi connectivity index (χ1) is 10.7. The van der Waals surface area contributed by atoms with E-state index < -0.39 is 10.0 Å². The average Bonchev–Trinajstić information content (AvgIpc) is 3.04. The van der Waals surface area contributed by atoms with Crippen molar-refractivity contribution in [2.24, 2.45) is 11.1 Å². The van der Waals surface area contributed by atoms with Gasteiger partial charge in [-0.3, -0.25) is 4.31 Å². The van der Waals surface area contributed by atoms with Gasteiger partial charge in [-0.15, -0.1) is 0 Å². The first-order valence-corrected chi connectivity index (χ1v) is 8.49. The zero-order valence-electron chi connectivity index (χ0n) is 11.7. The maximum atomic E-state index is 13.0. The monoisotopic (exact) mass is 314 g/mol. The maximum absolute atomic E-state index is 13.0. The summed E-state index contributed by atoms with van der Waals surface area (Å²) < 4.78 is 27.4. The molecular formula is C16H14N2O3S. The lowest BCUT2D eigenvalue weighted by Crippen LogP contribution is -2.42. The van der Waals surface area contributed by atoms with Crippen LogP contribution in [0.25, 0.3) is 0 Å². The van der Waals surface area contributed by atoms with Crippen molar-refractivity contribution in [3.8, 4) is 0 Å². The minimum absolute atomic E-state index is 0.0200. The molecule has 2 aromatic rings. The van der Waals surface area contributed by atoms with Gasteiger partial charge in [0, 0.05) is 12.1 Å². The fraction of sp³-hybridized carbons (Fsp3) is 0.188. The smallest absolute Gasteiger partial charge is 0.264 e. The molecule has 2 aromatic carbocycles. The van der Waals surface area contributed by atoms with E-state index >= 15 is 0 Å². The largest absolute Gasteiger partial charge is 0.395 e. The highest BCUT2D eigenvalue weighted by Gasteiger charge is 2.39. The van der Waals surface area contributed by atoms with E-state index in [1.54, 1.807) is 30.3 Å². The van der Waals surface area contributed by atoms with Crippen molar-refractivity contribution in [3.05, 3.63) is 60.2 Å². The third kappa shape index (κ3) is 1.91. The molecule has 1 unspecified atom stereocenters. The van der Waals surface area contributed by atoms with E-state index in [1.807, 2.05) is 24.3 Å². The maximum Gasteiger partial charge on any atom is 0.264 e. The zero-order valence-corrected chi connectivity index (χ0v) is 12.5. The third-order valence-electron chi connectivity index (χ3n) is 3.99. The van der Waals surface area contributed by atoms with Crippen LogP contribution >= 0.6 is 0 Å². The molecule has 0 N–H and O–H groups in total. The molecule has 0 fully saturated rings. The van der Waals surface area contributed by atoms with Gasteiger partial charge >= 0.3 is 0 Å². The number of para-hydroxylation sites is 1. The van der Waals surface area contributed by atoms with Crippen LogP contribution in [0, 0.1) is 5.92 Å². The van der Waals surface area contributed by atoms with Crippen LogP contribution in [-0.4, -0.2) is 27.3 Å². The van der Waals surface area contributed by atoms with E-state index in [9.17, 15) is 8.42 Å². The number of anilines is 1. The predicted molar refractivity (Wildman–Crippen MR) is 83.4 cm³/mol. The molecule has 4 rings (SSSR count). The van der Waals surface area contributed by atoms with Crippen LogP contribution in [0.5, 0.6) is 0 Å². The lowest BCUT2D eigenvalue weighted by molar-refractivity contribution is 0.156. The highest BCUT2D eigenvalue weighted by atomic mass is 32.2. The predicted octanol–water partition coefficient (Wildman–Crippen LogP) is 2.25. The van der Waals surface area contributed by atoms with Crippen LogP contribution < -0.4 is 4.31 Å². The van der Waals surface area contributed by atoms with Crippen LogP contribution in [0.2, 0.25) is 0 Å². The molecule has 0 aliphatic carbocycles. The summed E-state index contributed by atoms with van der Waals surface area (Å²) in [5.41, 5.74) is 2.33. The number of hydrogen-bond donors (Lipinski definition) is 0. The molecule has 0 spiro atoms. The van der Waals surface area contributed by atoms with Crippen molar-refractivity contribution in [1.29, 1.82) is 0 Å². The normalized spacial score (nSPS) is 19.9. The molecule has 2 aliphatic heterocycles. The highest BCUT2D eigenvalue weighted by Crippen LogP contribution is 2.36. The molecule has 0 aromatic heterocycles. The number of sulfonamides is 1. The molecule has 1 atom stereocenters. The van der Waals surface area contributed by atoms with Crippen LogP contribution in [-0.2, 0) is 14.9 Å². The minimum atomic E-state index is -3.59. The summed E-state index contributed by atoms with van der Waals surface area (Å²) >= 11 is 0. The Morgan fingerprint density at radius 3 is 2.59 bits per heavy atom. The van der Waals surface area contributed by atoms with Crippen molar-refractivity contribution in [3.63, 3.8) is 0 Å². The Hall–Kier alpha value is -2.34. The molecule has 0 saturated carbocycles. The Kier molecular flexibility index (Phi) is 2.94. The summed E-state index contributed by atoms with van der Waals surface area (Å²) in [6, 6.07) is 15.9. The summed E-state index contributed by atoms with van der Waals surface area (Å²) in [7, 11) is -3.59. The van der Waals surface area contributed by atoms with Gasteiger partial charge in [0.05, 0.1) is 22.2 Å². The van der Waals surface area contributed by atoms with Crippen molar-refractivity contribution < 1.29 is 13.3 Å². The molecule has 0 radical (unpaired) electrons. The summed E-state index contributed by atoms with van der Waals surface area (Å²) in [6.07, 6.45) is 0. The average molecular weight is 314 g/mol. The van der Waals surface area contributed by atoms with Gasteiger partial charge in [-0.1, -0.05) is 41.6 Å². The van der Waals surface area contributed by atoms with Gasteiger partial charge in [0.2, 0.25) is 0 Å². The van der Waals surface area contributed by atoms with E-state index in [4.69, 9.17) is 4.84 Å². The fourth-order valence-electron chi connectivity index (χ4n) is 2.91. The molecule has 22 heavy (non-hydrogen) atoms. The standard InChI is InChI=1S/C16H14N2O3S/c19-22(20,13-6-2-1-3-7-13)18-10-12-11-21-17-16(12)14-8-4-5-9-15(14)18/h1-9,12H,10-11H2. The number of benzene rings is 2. The Labute approximate surface area is 128 Å². The van der Waals surface area contributed by atoms with Crippen molar-refractivity contribution >= 4 is 21.4 Å². The van der Waals surface area contributed by atoms with Gasteiger partial charge in [0.25, 0.3) is 10.0 Å². The molecule has 0 amide bonds. The van der Waals surface area contributed by atoms with E-state index in [-0.39, 0.29) is 5.92 Å². The molecule has 5 nitrogen and oxygen atoms in total. The SMILES string of the molecule is O=S(=O)(c1ccccc1)N1CC2CON=C2c2ccccc21. The van der Waals surface area contributed by atoms with Crippen molar-refractivity contribution in [1.82, 2.24) is 0 Å². The van der Waals surface area contributed by atoms with Gasteiger partial charge in [0.1, 0.15) is 6.61 Å². The molecule has 0 bridgehead atoms. The molecule has 0 saturated heterocycles. The van der Waals surface area contributed by atoms with E-state index in [2.05, 4.69) is 5.16 Å². The van der Waals surface area contributed by atoms with Gasteiger partial charge < -0.3 is 4.84 Å². The summed E-state index contributed by atoms with van der Waals surface area (Å²) in [4.78, 5) is 5.48. The van der Waals surface area contributed by atoms with Gasteiger partial charge in [-0.05, 0) is 18.2 Å². The molecule has 2 aliphatic rings. The van der Waals surface area contributed by atoms with Gasteiger partial charge in [-0.2, -0.15) is 0 Å². The topological polar surface area (TPSA) is 59.0 Å². The number of rotatable bonds is 2. The van der Waals surface area contributed by atoms with Crippen molar-refractivity contribution in [2.45, 2.75) is 4.90 Å². The number of fused-ring (bicyclic) bond motifs is 3. The lowest BCUT2D eigenvalue weighted by atomic mass is 9.93. The van der Waals surface area contributed by atoms with E-state index in [0.717, 1.165) is 11.3 Å². The summed E-state index contributed by atoms with van der Waals surface area (Å²) in [5, 5.41) is 4.08. The fourth-order valence-corrected chi connectivity index (χ4v) is 4.46. The van der Waals surface area contributed by atoms with E-state index in [0.29, 0.717) is 23.7 Å². The van der Waals surface area contributed by atoms with Gasteiger partial charge in [0.15, 0.2) is 0 Å². The second-order valence-electron chi connectivity index (χ2n) is 5.34. The highest BCUT2D eigenvalue weighted by molar-refractivity contribution is 7.92. The summed E-state index contributed by atoms with van der Waals surface area (Å²) in [5.74, 6) is -0.0200. The van der Waals surface area contributed by atoms with E-state index in [1.165, 1.54) is 4.31 Å². The Bertz CT molecular complexity index is 847. The molecular weight excluding hydrogens is 300 g/mol. The molecule has 2 heterocycles. The Balaban J connectivity index is 1.87. The number of oxime groups is 1. The minimum Gasteiger partial charge on any atom is -0.395 e. The molecule has 6 heteroatoms. The Morgan fingerprint density at radius 1 is 1.05 bits per heavy atom. The van der Waals surface area contributed by atoms with Crippen molar-refractivity contribution in [2.75, 3.05) is 17.5 Å². The van der Waals surface area contributed by atoms with Gasteiger partial charge in [-0.25, -0.2) is 8.42 Å². The third-order valence-corrected chi connectivity index (χ3v) is 5.79. The van der Waals surface area contributed by atoms with Crippen LogP contribution in [0.1, 0.15) is 5.56 Å². The van der Waals surface area contributed by atoms with Crippen LogP contribution in [0.3, 0.4) is 0 Å². The van der Waals surface area contributed by atoms with Crippen LogP contribution in [0.15, 0.2) is 64.6 Å². The first kappa shape index (κ1) is 13.3. The lowest BCUT2D eigenvalue weighted by Gasteiger charge is -2.33. The molecule has 112 valence electrons. The zero-order chi connectivity index (χ0) is 15.2. The Morgan fingerprint density at radius 2 is 1.77 bits per heavy atom. The summed E-state index contributed by atoms with van der Waals surface area (Å²) in [6.45, 7) is 0.775. The number of hydrogen-bond acceptors (Lipinski definition) is 4. The van der Waals surface area contributed by atoms with Crippen LogP contribution in [0.4, 0.5) is 5.69 Å². The quantitative estimate of drug-likeness (QED) is 0.854. The first-order valence-electron chi connectivity index (χ1n) is 7.05. The second kappa shape index (κ2) is 4.84. The number of nitrogens with zero attached hydrogens (tertiary/aromatic N) is 2. The second-order valence-corrected chi connectivity index (χ2v) is 7.20.